The fourth-order valence-electron chi connectivity index (χ4n) is 2.31. The number of amides is 1. The van der Waals surface area contributed by atoms with Gasteiger partial charge in [0.25, 0.3) is 5.69 Å². The molecule has 0 saturated carbocycles. The molecular weight excluding hydrogens is 292 g/mol. The largest absolute Gasteiger partial charge is 0.326 e. The molecule has 0 radical (unpaired) electrons. The molecule has 1 amide bonds. The quantitative estimate of drug-likeness (QED) is 0.646. The third-order valence-corrected chi connectivity index (χ3v) is 3.76. The van der Waals surface area contributed by atoms with Crippen LogP contribution >= 0.6 is 0 Å². The maximum absolute atomic E-state index is 12.0. The highest BCUT2D eigenvalue weighted by Crippen LogP contribution is 2.22. The first kappa shape index (κ1) is 16.7. The molecule has 0 unspecified atom stereocenters. The molecular formula is C18H20N2O3. The molecule has 0 aromatic heterocycles. The number of nitro groups is 1. The Hall–Kier alpha value is -2.69. The summed E-state index contributed by atoms with van der Waals surface area (Å²) in [6.45, 7) is 3.77. The number of anilines is 1. The van der Waals surface area contributed by atoms with E-state index in [1.54, 1.807) is 19.1 Å². The first-order chi connectivity index (χ1) is 11.0. The number of nitrogens with one attached hydrogen (secondary N) is 1. The van der Waals surface area contributed by atoms with Gasteiger partial charge in [-0.25, -0.2) is 0 Å². The van der Waals surface area contributed by atoms with E-state index in [-0.39, 0.29) is 11.6 Å². The molecule has 2 aromatic rings. The molecule has 0 atom stereocenters. The van der Waals surface area contributed by atoms with E-state index in [0.29, 0.717) is 24.1 Å². The smallest absolute Gasteiger partial charge is 0.274 e. The molecule has 5 heteroatoms. The first-order valence-corrected chi connectivity index (χ1v) is 7.62. The van der Waals surface area contributed by atoms with Crippen LogP contribution in [0.3, 0.4) is 0 Å². The van der Waals surface area contributed by atoms with Crippen LogP contribution in [-0.2, 0) is 17.6 Å². The number of rotatable bonds is 6. The fourth-order valence-corrected chi connectivity index (χ4v) is 2.31. The van der Waals surface area contributed by atoms with E-state index in [0.717, 1.165) is 12.0 Å². The van der Waals surface area contributed by atoms with Crippen LogP contribution in [0.5, 0.6) is 0 Å². The minimum Gasteiger partial charge on any atom is -0.326 e. The average Bonchev–Trinajstić information content (AvgIpc) is 2.55. The minimum absolute atomic E-state index is 0.0120. The van der Waals surface area contributed by atoms with Gasteiger partial charge in [0.2, 0.25) is 5.91 Å². The second-order valence-corrected chi connectivity index (χ2v) is 5.48. The zero-order valence-corrected chi connectivity index (χ0v) is 13.3. The molecule has 0 saturated heterocycles. The number of nitrogens with zero attached hydrogens (tertiary/aromatic N) is 1. The van der Waals surface area contributed by atoms with Gasteiger partial charge in [0.15, 0.2) is 0 Å². The van der Waals surface area contributed by atoms with E-state index in [1.807, 2.05) is 12.1 Å². The minimum atomic E-state index is -0.444. The van der Waals surface area contributed by atoms with Crippen LogP contribution in [0, 0.1) is 17.0 Å². The lowest BCUT2D eigenvalue weighted by Gasteiger charge is -2.07. The van der Waals surface area contributed by atoms with Crippen molar-refractivity contribution in [3.63, 3.8) is 0 Å². The summed E-state index contributed by atoms with van der Waals surface area (Å²) in [5.41, 5.74) is 3.41. The molecule has 23 heavy (non-hydrogen) atoms. The van der Waals surface area contributed by atoms with Gasteiger partial charge in [0.05, 0.1) is 4.92 Å². The van der Waals surface area contributed by atoms with Crippen molar-refractivity contribution in [1.29, 1.82) is 0 Å². The Morgan fingerprint density at radius 3 is 2.39 bits per heavy atom. The van der Waals surface area contributed by atoms with E-state index < -0.39 is 4.92 Å². The van der Waals surface area contributed by atoms with Crippen molar-refractivity contribution < 1.29 is 9.72 Å². The predicted molar refractivity (Wildman–Crippen MR) is 90.6 cm³/mol. The predicted octanol–water partition coefficient (Wildman–Crippen LogP) is 4.04. The molecule has 0 spiro atoms. The summed E-state index contributed by atoms with van der Waals surface area (Å²) in [5.74, 6) is -0.150. The number of benzene rings is 2. The van der Waals surface area contributed by atoms with Crippen LogP contribution in [0.1, 0.15) is 30.0 Å². The highest BCUT2D eigenvalue weighted by Gasteiger charge is 2.12. The molecule has 0 aliphatic rings. The summed E-state index contributed by atoms with van der Waals surface area (Å²) in [6, 6.07) is 12.9. The van der Waals surface area contributed by atoms with Gasteiger partial charge >= 0.3 is 0 Å². The number of carbonyl (C=O) groups excluding carboxylic acids is 1. The maximum Gasteiger partial charge on any atom is 0.274 e. The summed E-state index contributed by atoms with van der Waals surface area (Å²) in [6.07, 6.45) is 1.98. The molecule has 2 rings (SSSR count). The van der Waals surface area contributed by atoms with Crippen LogP contribution in [-0.4, -0.2) is 10.8 Å². The first-order valence-electron chi connectivity index (χ1n) is 7.62. The van der Waals surface area contributed by atoms with Gasteiger partial charge in [-0.3, -0.25) is 14.9 Å². The summed E-state index contributed by atoms with van der Waals surface area (Å²) in [5, 5.41) is 13.6. The van der Waals surface area contributed by atoms with Crippen LogP contribution in [0.15, 0.2) is 42.5 Å². The summed E-state index contributed by atoms with van der Waals surface area (Å²) in [7, 11) is 0. The Morgan fingerprint density at radius 2 is 1.78 bits per heavy atom. The number of nitro benzene ring substituents is 1. The van der Waals surface area contributed by atoms with Gasteiger partial charge in [0.1, 0.15) is 0 Å². The summed E-state index contributed by atoms with van der Waals surface area (Å²) in [4.78, 5) is 22.5. The molecule has 0 aliphatic carbocycles. The summed E-state index contributed by atoms with van der Waals surface area (Å²) < 4.78 is 0. The number of hydrogen-bond donors (Lipinski definition) is 1. The van der Waals surface area contributed by atoms with Crippen LogP contribution in [0.25, 0.3) is 0 Å². The van der Waals surface area contributed by atoms with Crippen molar-refractivity contribution in [2.24, 2.45) is 0 Å². The highest BCUT2D eigenvalue weighted by molar-refractivity contribution is 5.91. The molecule has 5 nitrogen and oxygen atoms in total. The number of aryl methyl sites for hydroxylation is 3. The molecule has 2 aromatic carbocycles. The molecule has 0 heterocycles. The van der Waals surface area contributed by atoms with Crippen molar-refractivity contribution in [3.05, 3.63) is 69.3 Å². The van der Waals surface area contributed by atoms with Crippen LogP contribution in [0.4, 0.5) is 11.4 Å². The maximum atomic E-state index is 12.0. The average molecular weight is 312 g/mol. The number of hydrogen-bond acceptors (Lipinski definition) is 3. The van der Waals surface area contributed by atoms with Gasteiger partial charge in [-0.15, -0.1) is 0 Å². The Morgan fingerprint density at radius 1 is 1.13 bits per heavy atom. The third kappa shape index (κ3) is 4.64. The van der Waals surface area contributed by atoms with Crippen molar-refractivity contribution in [3.8, 4) is 0 Å². The van der Waals surface area contributed by atoms with Crippen LogP contribution < -0.4 is 5.32 Å². The molecule has 1 N–H and O–H groups in total. The fraction of sp³-hybridized carbons (Fsp3) is 0.278. The van der Waals surface area contributed by atoms with Gasteiger partial charge in [0, 0.05) is 23.7 Å². The van der Waals surface area contributed by atoms with E-state index >= 15 is 0 Å². The van der Waals surface area contributed by atoms with Crippen molar-refractivity contribution >= 4 is 17.3 Å². The molecule has 0 aliphatic heterocycles. The second kappa shape index (κ2) is 7.54. The monoisotopic (exact) mass is 312 g/mol. The number of carbonyl (C=O) groups is 1. The molecule has 0 fully saturated rings. The second-order valence-electron chi connectivity index (χ2n) is 5.48. The van der Waals surface area contributed by atoms with Crippen molar-refractivity contribution in [2.75, 3.05) is 5.32 Å². The van der Waals surface area contributed by atoms with Gasteiger partial charge in [-0.1, -0.05) is 37.3 Å². The zero-order valence-electron chi connectivity index (χ0n) is 13.3. The normalized spacial score (nSPS) is 10.3. The van der Waals surface area contributed by atoms with Crippen molar-refractivity contribution in [1.82, 2.24) is 0 Å². The van der Waals surface area contributed by atoms with Gasteiger partial charge in [-0.2, -0.15) is 0 Å². The Balaban J connectivity index is 1.94. The Labute approximate surface area is 135 Å². The lowest BCUT2D eigenvalue weighted by atomic mass is 10.1. The lowest BCUT2D eigenvalue weighted by Crippen LogP contribution is -2.12. The lowest BCUT2D eigenvalue weighted by molar-refractivity contribution is -0.385. The van der Waals surface area contributed by atoms with E-state index in [1.165, 1.54) is 11.6 Å². The SMILES string of the molecule is CCc1ccc(CCC(=O)Nc2ccc(C)c([N+](=O)[O-])c2)cc1. The van der Waals surface area contributed by atoms with E-state index in [4.69, 9.17) is 0 Å². The van der Waals surface area contributed by atoms with Gasteiger partial charge < -0.3 is 5.32 Å². The Kier molecular flexibility index (Phi) is 5.46. The van der Waals surface area contributed by atoms with E-state index in [2.05, 4.69) is 24.4 Å². The van der Waals surface area contributed by atoms with Crippen LogP contribution in [0.2, 0.25) is 0 Å². The van der Waals surface area contributed by atoms with Gasteiger partial charge in [-0.05, 0) is 37.0 Å². The van der Waals surface area contributed by atoms with Crippen molar-refractivity contribution in [2.45, 2.75) is 33.1 Å². The topological polar surface area (TPSA) is 72.2 Å². The summed E-state index contributed by atoms with van der Waals surface area (Å²) >= 11 is 0. The highest BCUT2D eigenvalue weighted by atomic mass is 16.6. The standard InChI is InChI=1S/C18H20N2O3/c1-3-14-5-7-15(8-6-14)9-11-18(21)19-16-10-4-13(2)17(12-16)20(22)23/h4-8,10,12H,3,9,11H2,1-2H3,(H,19,21). The van der Waals surface area contributed by atoms with E-state index in [9.17, 15) is 14.9 Å². The molecule has 120 valence electrons. The molecule has 0 bridgehead atoms. The third-order valence-electron chi connectivity index (χ3n) is 3.76. The zero-order chi connectivity index (χ0) is 16.8. The Bertz CT molecular complexity index is 709.